The number of rotatable bonds is 5. The van der Waals surface area contributed by atoms with Gasteiger partial charge >= 0.3 is 0 Å². The molecule has 1 spiro atoms. The first kappa shape index (κ1) is 23.9. The van der Waals surface area contributed by atoms with Crippen molar-refractivity contribution in [2.75, 3.05) is 25.0 Å². The third-order valence-corrected chi connectivity index (χ3v) is 7.77. The number of carbonyl (C=O) groups excluding carboxylic acids is 2. The second-order valence-electron chi connectivity index (χ2n) is 9.12. The average molecular weight is 513 g/mol. The molecule has 2 aromatic carbocycles. The highest BCUT2D eigenvalue weighted by Crippen LogP contribution is 2.57. The van der Waals surface area contributed by atoms with Crippen molar-refractivity contribution in [1.82, 2.24) is 9.91 Å². The van der Waals surface area contributed by atoms with E-state index in [9.17, 15) is 14.7 Å². The minimum Gasteiger partial charge on any atom is -0.394 e. The van der Waals surface area contributed by atoms with Crippen LogP contribution in [-0.4, -0.2) is 58.4 Å². The van der Waals surface area contributed by atoms with Crippen molar-refractivity contribution < 1.29 is 14.7 Å². The van der Waals surface area contributed by atoms with Gasteiger partial charge in [0.05, 0.1) is 19.2 Å². The predicted octanol–water partition coefficient (Wildman–Crippen LogP) is 4.16. The van der Waals surface area contributed by atoms with Crippen LogP contribution in [0.5, 0.6) is 0 Å². The number of aliphatic hydroxyl groups is 1. The summed E-state index contributed by atoms with van der Waals surface area (Å²) in [5, 5.41) is 19.5. The molecule has 2 aromatic rings. The molecular weight excluding hydrogens is 487 g/mol. The molecule has 182 valence electrons. The molecule has 0 bridgehead atoms. The summed E-state index contributed by atoms with van der Waals surface area (Å²) in [6.45, 7) is 6.33. The number of piperidine rings is 1. The van der Waals surface area contributed by atoms with Crippen LogP contribution in [0.3, 0.4) is 0 Å². The SMILES string of the molecule is C=C(CC)C1N2CC(=O)N(CCO)N=C2CC(c2cccc(Cl)c2)C12C(=O)Nc1cc(Cl)ccc12. The molecule has 35 heavy (non-hydrogen) atoms. The zero-order chi connectivity index (χ0) is 24.9. The zero-order valence-corrected chi connectivity index (χ0v) is 20.8. The number of amides is 2. The summed E-state index contributed by atoms with van der Waals surface area (Å²) >= 11 is 12.7. The quantitative estimate of drug-likeness (QED) is 0.589. The molecule has 0 aromatic heterocycles. The second kappa shape index (κ2) is 8.97. The molecule has 3 heterocycles. The average Bonchev–Trinajstić information content (AvgIpc) is 3.10. The van der Waals surface area contributed by atoms with Gasteiger partial charge in [-0.05, 0) is 41.8 Å². The standard InChI is InChI=1S/C26H26Cl2N4O3/c1-3-15(2)24-26(19-8-7-18(28)12-21(19)29-25(26)35)20(16-5-4-6-17(27)11-16)13-22-30-32(9-10-33)23(34)14-31(22)24/h4-8,11-12,20,24,33H,2-3,9-10,13-14H2,1H3,(H,29,35). The van der Waals surface area contributed by atoms with Crippen LogP contribution >= 0.6 is 23.2 Å². The molecule has 3 unspecified atom stereocenters. The van der Waals surface area contributed by atoms with Crippen molar-refractivity contribution in [3.8, 4) is 0 Å². The summed E-state index contributed by atoms with van der Waals surface area (Å²) in [5.74, 6) is -0.0500. The summed E-state index contributed by atoms with van der Waals surface area (Å²) in [4.78, 5) is 29.0. The third-order valence-electron chi connectivity index (χ3n) is 7.30. The van der Waals surface area contributed by atoms with Gasteiger partial charge in [0, 0.05) is 28.1 Å². The van der Waals surface area contributed by atoms with Gasteiger partial charge in [0.1, 0.15) is 17.8 Å². The van der Waals surface area contributed by atoms with Gasteiger partial charge in [0.25, 0.3) is 5.91 Å². The van der Waals surface area contributed by atoms with Crippen LogP contribution in [0.4, 0.5) is 5.69 Å². The summed E-state index contributed by atoms with van der Waals surface area (Å²) < 4.78 is 0. The van der Waals surface area contributed by atoms with Crippen LogP contribution in [0.2, 0.25) is 10.0 Å². The van der Waals surface area contributed by atoms with Crippen LogP contribution in [0.15, 0.2) is 59.7 Å². The van der Waals surface area contributed by atoms with Gasteiger partial charge in [-0.25, -0.2) is 5.01 Å². The Morgan fingerprint density at radius 2 is 2.00 bits per heavy atom. The molecule has 5 rings (SSSR count). The van der Waals surface area contributed by atoms with Crippen LogP contribution in [0.25, 0.3) is 0 Å². The number of β-amino-alcohol motifs (C(OH)–C–C–N with tert-alkyl or cyclic N) is 1. The maximum atomic E-state index is 14.1. The van der Waals surface area contributed by atoms with Crippen molar-refractivity contribution in [2.45, 2.75) is 37.1 Å². The maximum Gasteiger partial charge on any atom is 0.262 e. The molecule has 9 heteroatoms. The van der Waals surface area contributed by atoms with E-state index in [1.165, 1.54) is 5.01 Å². The molecular formula is C26H26Cl2N4O3. The molecule has 3 aliphatic heterocycles. The summed E-state index contributed by atoms with van der Waals surface area (Å²) in [7, 11) is 0. The molecule has 1 fully saturated rings. The first-order valence-electron chi connectivity index (χ1n) is 11.6. The lowest BCUT2D eigenvalue weighted by Crippen LogP contribution is -2.66. The van der Waals surface area contributed by atoms with Crippen LogP contribution in [-0.2, 0) is 15.0 Å². The van der Waals surface area contributed by atoms with E-state index in [1.54, 1.807) is 18.2 Å². The van der Waals surface area contributed by atoms with Gasteiger partial charge in [-0.1, -0.05) is 60.5 Å². The van der Waals surface area contributed by atoms with Crippen molar-refractivity contribution in [2.24, 2.45) is 5.10 Å². The van der Waals surface area contributed by atoms with Crippen LogP contribution < -0.4 is 5.32 Å². The van der Waals surface area contributed by atoms with Crippen molar-refractivity contribution in [3.63, 3.8) is 0 Å². The van der Waals surface area contributed by atoms with E-state index in [0.29, 0.717) is 34.4 Å². The number of hydrogen-bond acceptors (Lipinski definition) is 5. The Labute approximate surface area is 214 Å². The number of fused-ring (bicyclic) bond motifs is 3. The molecule has 0 aliphatic carbocycles. The van der Waals surface area contributed by atoms with Crippen molar-refractivity contribution in [1.29, 1.82) is 0 Å². The highest BCUT2D eigenvalue weighted by atomic mass is 35.5. The van der Waals surface area contributed by atoms with Crippen LogP contribution in [0, 0.1) is 0 Å². The minimum absolute atomic E-state index is 0.0444. The van der Waals surface area contributed by atoms with Crippen molar-refractivity contribution in [3.05, 3.63) is 75.8 Å². The number of amidine groups is 1. The summed E-state index contributed by atoms with van der Waals surface area (Å²) in [5.41, 5.74) is 2.13. The van der Waals surface area contributed by atoms with Crippen LogP contribution in [0.1, 0.15) is 36.8 Å². The lowest BCUT2D eigenvalue weighted by Gasteiger charge is -2.54. The van der Waals surface area contributed by atoms with Gasteiger partial charge in [0.15, 0.2) is 0 Å². The third kappa shape index (κ3) is 3.64. The van der Waals surface area contributed by atoms with Gasteiger partial charge in [-0.3, -0.25) is 9.59 Å². The van der Waals surface area contributed by atoms with Gasteiger partial charge < -0.3 is 15.3 Å². The monoisotopic (exact) mass is 512 g/mol. The largest absolute Gasteiger partial charge is 0.394 e. The number of hydrogen-bond donors (Lipinski definition) is 2. The number of nitrogens with zero attached hydrogens (tertiary/aromatic N) is 3. The molecule has 0 radical (unpaired) electrons. The molecule has 1 saturated heterocycles. The molecule has 2 amide bonds. The lowest BCUT2D eigenvalue weighted by atomic mass is 9.58. The zero-order valence-electron chi connectivity index (χ0n) is 19.3. The fraction of sp³-hybridized carbons (Fsp3) is 0.346. The van der Waals surface area contributed by atoms with E-state index in [4.69, 9.17) is 23.2 Å². The lowest BCUT2D eigenvalue weighted by molar-refractivity contribution is -0.136. The number of benzene rings is 2. The number of nitrogens with one attached hydrogen (secondary N) is 1. The van der Waals surface area contributed by atoms with E-state index in [0.717, 1.165) is 16.7 Å². The fourth-order valence-electron chi connectivity index (χ4n) is 5.80. The second-order valence-corrected chi connectivity index (χ2v) is 10.00. The number of anilines is 1. The Balaban J connectivity index is 1.79. The number of aliphatic hydroxyl groups excluding tert-OH is 1. The first-order chi connectivity index (χ1) is 16.8. The molecule has 2 N–H and O–H groups in total. The Morgan fingerprint density at radius 1 is 1.23 bits per heavy atom. The molecule has 3 atom stereocenters. The minimum atomic E-state index is -1.07. The normalized spacial score (nSPS) is 25.3. The predicted molar refractivity (Wildman–Crippen MR) is 137 cm³/mol. The van der Waals surface area contributed by atoms with Gasteiger partial charge in [-0.15, -0.1) is 0 Å². The highest BCUT2D eigenvalue weighted by Gasteiger charge is 2.63. The Hall–Kier alpha value is -2.87. The smallest absolute Gasteiger partial charge is 0.262 e. The highest BCUT2D eigenvalue weighted by molar-refractivity contribution is 6.31. The molecule has 3 aliphatic rings. The van der Waals surface area contributed by atoms with E-state index >= 15 is 0 Å². The Kier molecular flexibility index (Phi) is 6.11. The Bertz CT molecular complexity index is 1260. The molecule has 7 nitrogen and oxygen atoms in total. The summed E-state index contributed by atoms with van der Waals surface area (Å²) in [6, 6.07) is 12.5. The number of carbonyl (C=O) groups is 2. The van der Waals surface area contributed by atoms with E-state index in [2.05, 4.69) is 17.0 Å². The van der Waals surface area contributed by atoms with E-state index in [-0.39, 0.29) is 37.4 Å². The van der Waals surface area contributed by atoms with Gasteiger partial charge in [-0.2, -0.15) is 5.10 Å². The van der Waals surface area contributed by atoms with Crippen molar-refractivity contribution >= 4 is 46.5 Å². The fourth-order valence-corrected chi connectivity index (χ4v) is 6.18. The number of hydrazone groups is 1. The molecule has 0 saturated carbocycles. The number of halogens is 2. The maximum absolute atomic E-state index is 14.1. The topological polar surface area (TPSA) is 85.2 Å². The van der Waals surface area contributed by atoms with E-state index < -0.39 is 11.5 Å². The van der Waals surface area contributed by atoms with E-state index in [1.807, 2.05) is 36.1 Å². The first-order valence-corrected chi connectivity index (χ1v) is 12.4. The summed E-state index contributed by atoms with van der Waals surface area (Å²) in [6.07, 6.45) is 1.02. The van der Waals surface area contributed by atoms with Gasteiger partial charge in [0.2, 0.25) is 5.91 Å². The Morgan fingerprint density at radius 3 is 2.71 bits per heavy atom.